The number of carbonyl (C=O) groups is 3. The maximum Gasteiger partial charge on any atom is 0.273 e. The van der Waals surface area contributed by atoms with E-state index in [2.05, 4.69) is 10.5 Å². The highest BCUT2D eigenvalue weighted by molar-refractivity contribution is 5.96. The summed E-state index contributed by atoms with van der Waals surface area (Å²) in [6.45, 7) is 1.29. The van der Waals surface area contributed by atoms with E-state index < -0.39 is 5.91 Å². The van der Waals surface area contributed by atoms with E-state index in [1.54, 1.807) is 11.9 Å². The molecule has 0 bridgehead atoms. The summed E-state index contributed by atoms with van der Waals surface area (Å²) >= 11 is 0. The zero-order valence-electron chi connectivity index (χ0n) is 15.2. The fourth-order valence-corrected chi connectivity index (χ4v) is 2.86. The molecule has 1 N–H and O–H groups in total. The van der Waals surface area contributed by atoms with Crippen molar-refractivity contribution < 1.29 is 18.9 Å². The van der Waals surface area contributed by atoms with Crippen molar-refractivity contribution in [3.63, 3.8) is 0 Å². The van der Waals surface area contributed by atoms with Crippen LogP contribution in [-0.4, -0.2) is 65.9 Å². The smallest absolute Gasteiger partial charge is 0.273 e. The van der Waals surface area contributed by atoms with Crippen LogP contribution < -0.4 is 5.32 Å². The molecule has 0 aliphatic carbocycles. The van der Waals surface area contributed by atoms with Gasteiger partial charge >= 0.3 is 0 Å². The number of hydrogen-bond donors (Lipinski definition) is 1. The van der Waals surface area contributed by atoms with Gasteiger partial charge in [0.15, 0.2) is 11.5 Å². The Balaban J connectivity index is 1.49. The van der Waals surface area contributed by atoms with E-state index in [9.17, 15) is 14.4 Å². The molecular weight excluding hydrogens is 348 g/mol. The predicted octanol–water partition coefficient (Wildman–Crippen LogP) is 1.15. The zero-order valence-corrected chi connectivity index (χ0v) is 15.2. The van der Waals surface area contributed by atoms with Gasteiger partial charge in [-0.1, -0.05) is 35.5 Å². The van der Waals surface area contributed by atoms with Crippen LogP contribution in [0.4, 0.5) is 0 Å². The Bertz CT molecular complexity index is 812. The van der Waals surface area contributed by atoms with Crippen LogP contribution in [0.1, 0.15) is 23.3 Å². The highest BCUT2D eigenvalue weighted by Gasteiger charge is 2.22. The SMILES string of the molecule is CN(CC(=O)N1CCCC1)C(=O)CNC(=O)c1cc(-c2ccccc2)on1. The van der Waals surface area contributed by atoms with Gasteiger partial charge in [-0.15, -0.1) is 0 Å². The molecular formula is C19H22N4O4. The highest BCUT2D eigenvalue weighted by atomic mass is 16.5. The van der Waals surface area contributed by atoms with Crippen LogP contribution in [0.25, 0.3) is 11.3 Å². The van der Waals surface area contributed by atoms with Crippen molar-refractivity contribution in [3.05, 3.63) is 42.1 Å². The third-order valence-electron chi connectivity index (χ3n) is 4.46. The molecule has 142 valence electrons. The molecule has 8 heteroatoms. The van der Waals surface area contributed by atoms with Crippen molar-refractivity contribution in [2.75, 3.05) is 33.2 Å². The molecule has 0 atom stereocenters. The van der Waals surface area contributed by atoms with Crippen LogP contribution in [0.3, 0.4) is 0 Å². The van der Waals surface area contributed by atoms with Crippen molar-refractivity contribution in [2.45, 2.75) is 12.8 Å². The van der Waals surface area contributed by atoms with Crippen molar-refractivity contribution in [1.82, 2.24) is 20.3 Å². The van der Waals surface area contributed by atoms with Crippen molar-refractivity contribution >= 4 is 17.7 Å². The van der Waals surface area contributed by atoms with Crippen LogP contribution in [0.2, 0.25) is 0 Å². The van der Waals surface area contributed by atoms with Crippen LogP contribution in [-0.2, 0) is 9.59 Å². The molecule has 2 aromatic rings. The lowest BCUT2D eigenvalue weighted by atomic mass is 10.1. The summed E-state index contributed by atoms with van der Waals surface area (Å²) in [4.78, 5) is 39.5. The van der Waals surface area contributed by atoms with E-state index in [0.29, 0.717) is 5.76 Å². The number of hydrogen-bond acceptors (Lipinski definition) is 5. The number of carbonyl (C=O) groups excluding carboxylic acids is 3. The fourth-order valence-electron chi connectivity index (χ4n) is 2.86. The topological polar surface area (TPSA) is 95.8 Å². The summed E-state index contributed by atoms with van der Waals surface area (Å²) in [5, 5.41) is 6.25. The van der Waals surface area contributed by atoms with Gasteiger partial charge in [-0.3, -0.25) is 14.4 Å². The Labute approximate surface area is 157 Å². The number of benzene rings is 1. The fraction of sp³-hybridized carbons (Fsp3) is 0.368. The molecule has 1 fully saturated rings. The summed E-state index contributed by atoms with van der Waals surface area (Å²) < 4.78 is 5.18. The van der Waals surface area contributed by atoms with Crippen LogP contribution in [0.5, 0.6) is 0 Å². The number of likely N-dealkylation sites (tertiary alicyclic amines) is 1. The maximum atomic E-state index is 12.2. The van der Waals surface area contributed by atoms with Crippen molar-refractivity contribution in [2.24, 2.45) is 0 Å². The van der Waals surface area contributed by atoms with E-state index in [1.165, 1.54) is 11.0 Å². The third kappa shape index (κ3) is 4.72. The van der Waals surface area contributed by atoms with Gasteiger partial charge in [-0.2, -0.15) is 0 Å². The molecule has 1 aliphatic heterocycles. The molecule has 0 unspecified atom stereocenters. The number of nitrogens with one attached hydrogen (secondary N) is 1. The summed E-state index contributed by atoms with van der Waals surface area (Å²) in [5.74, 6) is -0.449. The Hall–Kier alpha value is -3.16. The maximum absolute atomic E-state index is 12.2. The van der Waals surface area contributed by atoms with Gasteiger partial charge in [0.25, 0.3) is 5.91 Å². The number of amides is 3. The molecule has 0 saturated carbocycles. The van der Waals surface area contributed by atoms with Crippen molar-refractivity contribution in [1.29, 1.82) is 0 Å². The molecule has 27 heavy (non-hydrogen) atoms. The first-order valence-electron chi connectivity index (χ1n) is 8.86. The minimum Gasteiger partial charge on any atom is -0.355 e. The second-order valence-electron chi connectivity index (χ2n) is 6.46. The van der Waals surface area contributed by atoms with Gasteiger partial charge in [0.05, 0.1) is 13.1 Å². The third-order valence-corrected chi connectivity index (χ3v) is 4.46. The molecule has 2 heterocycles. The summed E-state index contributed by atoms with van der Waals surface area (Å²) in [7, 11) is 1.55. The van der Waals surface area contributed by atoms with Gasteiger partial charge in [-0.25, -0.2) is 0 Å². The first-order chi connectivity index (χ1) is 13.0. The standard InChI is InChI=1S/C19H22N4O4/c1-22(13-18(25)23-9-5-6-10-23)17(24)12-20-19(26)15-11-16(27-21-15)14-7-3-2-4-8-14/h2-4,7-8,11H,5-6,9-10,12-13H2,1H3,(H,20,26). The molecule has 1 aromatic carbocycles. The minimum absolute atomic E-state index is 0.0107. The van der Waals surface area contributed by atoms with Gasteiger partial charge in [-0.05, 0) is 12.8 Å². The molecule has 0 spiro atoms. The van der Waals surface area contributed by atoms with Gasteiger partial charge < -0.3 is 19.6 Å². The molecule has 1 saturated heterocycles. The van der Waals surface area contributed by atoms with Gasteiger partial charge in [0, 0.05) is 31.8 Å². The second-order valence-corrected chi connectivity index (χ2v) is 6.46. The van der Waals surface area contributed by atoms with E-state index in [4.69, 9.17) is 4.52 Å². The van der Waals surface area contributed by atoms with E-state index >= 15 is 0 Å². The van der Waals surface area contributed by atoms with E-state index in [0.717, 1.165) is 31.5 Å². The molecule has 1 aliphatic rings. The van der Waals surface area contributed by atoms with Gasteiger partial charge in [0.1, 0.15) is 0 Å². The van der Waals surface area contributed by atoms with Crippen LogP contribution >= 0.6 is 0 Å². The molecule has 1 aromatic heterocycles. The Morgan fingerprint density at radius 3 is 2.59 bits per heavy atom. The summed E-state index contributed by atoms with van der Waals surface area (Å²) in [5.41, 5.74) is 0.901. The van der Waals surface area contributed by atoms with Crippen LogP contribution in [0, 0.1) is 0 Å². The quantitative estimate of drug-likeness (QED) is 0.823. The Morgan fingerprint density at radius 2 is 1.89 bits per heavy atom. The van der Waals surface area contributed by atoms with Crippen molar-refractivity contribution in [3.8, 4) is 11.3 Å². The minimum atomic E-state index is -0.506. The Morgan fingerprint density at radius 1 is 1.19 bits per heavy atom. The highest BCUT2D eigenvalue weighted by Crippen LogP contribution is 2.19. The number of aromatic nitrogens is 1. The Kier molecular flexibility index (Phi) is 5.85. The molecule has 3 rings (SSSR count). The lowest BCUT2D eigenvalue weighted by molar-refractivity contribution is -0.138. The normalized spacial score (nSPS) is 13.4. The average molecular weight is 370 g/mol. The largest absolute Gasteiger partial charge is 0.355 e. The number of likely N-dealkylation sites (N-methyl/N-ethyl adjacent to an activating group) is 1. The zero-order chi connectivity index (χ0) is 19.2. The monoisotopic (exact) mass is 370 g/mol. The summed E-state index contributed by atoms with van der Waals surface area (Å²) in [6, 6.07) is 10.8. The first kappa shape index (κ1) is 18.6. The lowest BCUT2D eigenvalue weighted by Crippen LogP contribution is -2.43. The number of nitrogens with zero attached hydrogens (tertiary/aromatic N) is 3. The molecule has 3 amide bonds. The van der Waals surface area contributed by atoms with E-state index in [1.807, 2.05) is 30.3 Å². The molecule has 0 radical (unpaired) electrons. The average Bonchev–Trinajstić information content (AvgIpc) is 3.38. The van der Waals surface area contributed by atoms with E-state index in [-0.39, 0.29) is 30.6 Å². The number of rotatable bonds is 6. The lowest BCUT2D eigenvalue weighted by Gasteiger charge is -2.21. The molecule has 8 nitrogen and oxygen atoms in total. The van der Waals surface area contributed by atoms with Crippen LogP contribution in [0.15, 0.2) is 40.9 Å². The second kappa shape index (κ2) is 8.48. The predicted molar refractivity (Wildman–Crippen MR) is 97.7 cm³/mol. The van der Waals surface area contributed by atoms with Gasteiger partial charge in [0.2, 0.25) is 11.8 Å². The first-order valence-corrected chi connectivity index (χ1v) is 8.86. The summed E-state index contributed by atoms with van der Waals surface area (Å²) in [6.07, 6.45) is 2.00.